The molecule has 4 rings (SSSR count). The van der Waals surface area contributed by atoms with Crippen LogP contribution in [0.1, 0.15) is 19.8 Å². The van der Waals surface area contributed by atoms with Gasteiger partial charge in [0.2, 0.25) is 11.8 Å². The highest BCUT2D eigenvalue weighted by Gasteiger charge is 2.30. The van der Waals surface area contributed by atoms with E-state index in [0.29, 0.717) is 31.6 Å². The van der Waals surface area contributed by atoms with Crippen molar-refractivity contribution in [2.75, 3.05) is 23.7 Å². The molecule has 0 bridgehead atoms. The number of benzene rings is 3. The predicted molar refractivity (Wildman–Crippen MR) is 136 cm³/mol. The van der Waals surface area contributed by atoms with Gasteiger partial charge in [0.05, 0.1) is 17.4 Å². The molecular weight excluding hydrogens is 446 g/mol. The van der Waals surface area contributed by atoms with Gasteiger partial charge in [0.1, 0.15) is 5.75 Å². The third-order valence-electron chi connectivity index (χ3n) is 6.11. The zero-order chi connectivity index (χ0) is 23.9. The van der Waals surface area contributed by atoms with Crippen molar-refractivity contribution in [3.8, 4) is 5.75 Å². The summed E-state index contributed by atoms with van der Waals surface area (Å²) in [5.41, 5.74) is 1.22. The number of para-hydroxylation sites is 3. The van der Waals surface area contributed by atoms with E-state index in [1.807, 2.05) is 61.5 Å². The van der Waals surface area contributed by atoms with Crippen molar-refractivity contribution in [1.29, 1.82) is 0 Å². The molecule has 0 aromatic heterocycles. The molecule has 1 aliphatic rings. The molecule has 3 aromatic rings. The number of carbonyl (C=O) groups is 2. The standard InChI is InChI=1S/C27H29N3O3S/c1-19(26(32)29-23-12-6-8-14-25(23)34-21-9-3-2-4-10-21)30-17-15-20(16-18-30)27(33)28-22-11-5-7-13-24(22)31/h2-14,19-20,31H,15-18H2,1H3,(H,28,33)(H,29,32)/t19-/m1/s1. The average Bonchev–Trinajstić information content (AvgIpc) is 2.87. The number of phenolic OH excluding ortho intramolecular Hbond substituents is 1. The summed E-state index contributed by atoms with van der Waals surface area (Å²) >= 11 is 1.62. The molecule has 0 unspecified atom stereocenters. The Labute approximate surface area is 204 Å². The van der Waals surface area contributed by atoms with Gasteiger partial charge in [0.15, 0.2) is 0 Å². The van der Waals surface area contributed by atoms with Gasteiger partial charge in [-0.2, -0.15) is 0 Å². The molecule has 34 heavy (non-hydrogen) atoms. The number of hydrogen-bond acceptors (Lipinski definition) is 5. The normalized spacial score (nSPS) is 15.4. The summed E-state index contributed by atoms with van der Waals surface area (Å²) in [7, 11) is 0. The molecule has 7 heteroatoms. The van der Waals surface area contributed by atoms with E-state index >= 15 is 0 Å². The summed E-state index contributed by atoms with van der Waals surface area (Å²) in [6.45, 7) is 3.23. The number of phenols is 1. The highest BCUT2D eigenvalue weighted by molar-refractivity contribution is 7.99. The summed E-state index contributed by atoms with van der Waals surface area (Å²) in [5, 5.41) is 15.8. The van der Waals surface area contributed by atoms with Crippen LogP contribution >= 0.6 is 11.8 Å². The van der Waals surface area contributed by atoms with Crippen molar-refractivity contribution in [3.05, 3.63) is 78.9 Å². The van der Waals surface area contributed by atoms with Crippen LogP contribution in [0.2, 0.25) is 0 Å². The first-order valence-corrected chi connectivity index (χ1v) is 12.3. The maximum Gasteiger partial charge on any atom is 0.241 e. The Bertz CT molecular complexity index is 1130. The monoisotopic (exact) mass is 475 g/mol. The Morgan fingerprint density at radius 3 is 2.21 bits per heavy atom. The Morgan fingerprint density at radius 2 is 1.50 bits per heavy atom. The molecule has 1 aliphatic heterocycles. The van der Waals surface area contributed by atoms with Crippen molar-refractivity contribution >= 4 is 35.0 Å². The number of rotatable bonds is 7. The largest absolute Gasteiger partial charge is 0.506 e. The minimum atomic E-state index is -0.308. The third-order valence-corrected chi connectivity index (χ3v) is 7.19. The highest BCUT2D eigenvalue weighted by atomic mass is 32.2. The van der Waals surface area contributed by atoms with Crippen molar-refractivity contribution in [2.45, 2.75) is 35.6 Å². The van der Waals surface area contributed by atoms with Crippen molar-refractivity contribution < 1.29 is 14.7 Å². The third kappa shape index (κ3) is 5.98. The van der Waals surface area contributed by atoms with E-state index in [1.165, 1.54) is 0 Å². The molecule has 3 N–H and O–H groups in total. The van der Waals surface area contributed by atoms with Crippen molar-refractivity contribution in [1.82, 2.24) is 4.90 Å². The summed E-state index contributed by atoms with van der Waals surface area (Å²) in [5.74, 6) is -0.234. The number of anilines is 2. The second-order valence-corrected chi connectivity index (χ2v) is 9.51. The van der Waals surface area contributed by atoms with Crippen LogP contribution in [0.25, 0.3) is 0 Å². The van der Waals surface area contributed by atoms with E-state index in [4.69, 9.17) is 0 Å². The van der Waals surface area contributed by atoms with E-state index in [9.17, 15) is 14.7 Å². The number of nitrogens with zero attached hydrogens (tertiary/aromatic N) is 1. The van der Waals surface area contributed by atoms with E-state index in [2.05, 4.69) is 15.5 Å². The van der Waals surface area contributed by atoms with E-state index in [1.54, 1.807) is 36.0 Å². The number of amides is 2. The predicted octanol–water partition coefficient (Wildman–Crippen LogP) is 5.22. The van der Waals surface area contributed by atoms with Crippen molar-refractivity contribution in [2.24, 2.45) is 5.92 Å². The Hall–Kier alpha value is -3.29. The molecule has 1 saturated heterocycles. The van der Waals surface area contributed by atoms with Crippen LogP contribution in [0.5, 0.6) is 5.75 Å². The SMILES string of the molecule is C[C@H](C(=O)Nc1ccccc1Sc1ccccc1)N1CCC(C(=O)Nc2ccccc2O)CC1. The van der Waals surface area contributed by atoms with Crippen LogP contribution in [-0.2, 0) is 9.59 Å². The molecule has 0 saturated carbocycles. The van der Waals surface area contributed by atoms with Crippen LogP contribution < -0.4 is 10.6 Å². The lowest BCUT2D eigenvalue weighted by molar-refractivity contribution is -0.123. The number of carbonyl (C=O) groups excluding carboxylic acids is 2. The van der Waals surface area contributed by atoms with Crippen LogP contribution in [-0.4, -0.2) is 41.0 Å². The van der Waals surface area contributed by atoms with Gasteiger partial charge in [-0.3, -0.25) is 14.5 Å². The van der Waals surface area contributed by atoms with Gasteiger partial charge < -0.3 is 15.7 Å². The van der Waals surface area contributed by atoms with Gasteiger partial charge in [0, 0.05) is 15.7 Å². The molecule has 1 heterocycles. The first-order valence-electron chi connectivity index (χ1n) is 11.5. The first kappa shape index (κ1) is 23.9. The second kappa shape index (κ2) is 11.2. The maximum absolute atomic E-state index is 13.0. The number of aromatic hydroxyl groups is 1. The fourth-order valence-electron chi connectivity index (χ4n) is 4.04. The molecule has 6 nitrogen and oxygen atoms in total. The molecule has 2 amide bonds. The molecular formula is C27H29N3O3S. The van der Waals surface area contributed by atoms with E-state index in [-0.39, 0.29) is 29.5 Å². The zero-order valence-corrected chi connectivity index (χ0v) is 19.9. The minimum Gasteiger partial charge on any atom is -0.506 e. The van der Waals surface area contributed by atoms with Gasteiger partial charge in [-0.15, -0.1) is 0 Å². The summed E-state index contributed by atoms with van der Waals surface area (Å²) in [4.78, 5) is 29.9. The Kier molecular flexibility index (Phi) is 7.87. The molecule has 1 atom stereocenters. The fraction of sp³-hybridized carbons (Fsp3) is 0.259. The van der Waals surface area contributed by atoms with E-state index < -0.39 is 0 Å². The number of hydrogen-bond donors (Lipinski definition) is 3. The molecule has 0 radical (unpaired) electrons. The molecule has 0 spiro atoms. The van der Waals surface area contributed by atoms with Crippen LogP contribution in [0.4, 0.5) is 11.4 Å². The van der Waals surface area contributed by atoms with Gasteiger partial charge in [-0.1, -0.05) is 54.2 Å². The molecule has 0 aliphatic carbocycles. The quantitative estimate of drug-likeness (QED) is 0.408. The lowest BCUT2D eigenvalue weighted by atomic mass is 9.94. The highest BCUT2D eigenvalue weighted by Crippen LogP contribution is 2.33. The fourth-order valence-corrected chi connectivity index (χ4v) is 4.96. The van der Waals surface area contributed by atoms with Crippen LogP contribution in [0.3, 0.4) is 0 Å². The molecule has 3 aromatic carbocycles. The van der Waals surface area contributed by atoms with Gasteiger partial charge in [-0.25, -0.2) is 0 Å². The Morgan fingerprint density at radius 1 is 0.882 bits per heavy atom. The maximum atomic E-state index is 13.0. The minimum absolute atomic E-state index is 0.0572. The summed E-state index contributed by atoms with van der Waals surface area (Å²) in [6.07, 6.45) is 1.33. The van der Waals surface area contributed by atoms with E-state index in [0.717, 1.165) is 15.5 Å². The van der Waals surface area contributed by atoms with Crippen LogP contribution in [0.15, 0.2) is 88.7 Å². The first-order chi connectivity index (χ1) is 16.5. The molecule has 1 fully saturated rings. The Balaban J connectivity index is 1.31. The van der Waals surface area contributed by atoms with Gasteiger partial charge in [0.25, 0.3) is 0 Å². The van der Waals surface area contributed by atoms with Crippen LogP contribution in [0, 0.1) is 5.92 Å². The molecule has 176 valence electrons. The van der Waals surface area contributed by atoms with Gasteiger partial charge in [-0.05, 0) is 69.3 Å². The topological polar surface area (TPSA) is 81.7 Å². The average molecular weight is 476 g/mol. The summed E-state index contributed by atoms with van der Waals surface area (Å²) < 4.78 is 0. The number of nitrogens with one attached hydrogen (secondary N) is 2. The van der Waals surface area contributed by atoms with Crippen molar-refractivity contribution in [3.63, 3.8) is 0 Å². The second-order valence-electron chi connectivity index (χ2n) is 8.39. The van der Waals surface area contributed by atoms with Gasteiger partial charge >= 0.3 is 0 Å². The number of piperidine rings is 1. The lowest BCUT2D eigenvalue weighted by Gasteiger charge is -2.34. The summed E-state index contributed by atoms with van der Waals surface area (Å²) in [6, 6.07) is 24.3. The number of likely N-dealkylation sites (tertiary alicyclic amines) is 1. The smallest absolute Gasteiger partial charge is 0.241 e. The lowest BCUT2D eigenvalue weighted by Crippen LogP contribution is -2.47. The zero-order valence-electron chi connectivity index (χ0n) is 19.1.